The first-order chi connectivity index (χ1) is 12.8. The number of piperidine rings is 1. The van der Waals surface area contributed by atoms with Crippen molar-refractivity contribution >= 4 is 17.2 Å². The third-order valence-electron chi connectivity index (χ3n) is 4.65. The quantitative estimate of drug-likeness (QED) is 0.554. The Balaban J connectivity index is 1.30. The van der Waals surface area contributed by atoms with Crippen LogP contribution >= 0.6 is 0 Å². The Morgan fingerprint density at radius 2 is 2.00 bits per heavy atom. The molecule has 0 spiro atoms. The number of fused-ring (bicyclic) bond motifs is 2. The molecule has 0 unspecified atom stereocenters. The summed E-state index contributed by atoms with van der Waals surface area (Å²) in [7, 11) is 0. The summed E-state index contributed by atoms with van der Waals surface area (Å²) in [6.07, 6.45) is 7.13. The third kappa shape index (κ3) is 2.61. The number of aryl methyl sites for hydroxylation is 1. The van der Waals surface area contributed by atoms with Gasteiger partial charge in [0.25, 0.3) is 5.78 Å². The molecule has 0 atom stereocenters. The van der Waals surface area contributed by atoms with E-state index in [0.29, 0.717) is 11.7 Å². The van der Waals surface area contributed by atoms with Gasteiger partial charge in [-0.05, 0) is 6.92 Å². The van der Waals surface area contributed by atoms with Gasteiger partial charge in [0, 0.05) is 56.0 Å². The lowest BCUT2D eigenvalue weighted by Crippen LogP contribution is -2.39. The van der Waals surface area contributed by atoms with E-state index >= 15 is 0 Å². The predicted molar refractivity (Wildman–Crippen MR) is 94.4 cm³/mol. The van der Waals surface area contributed by atoms with Crippen molar-refractivity contribution in [3.63, 3.8) is 0 Å². The number of anilines is 1. The molecule has 9 heteroatoms. The molecule has 1 saturated heterocycles. The zero-order valence-corrected chi connectivity index (χ0v) is 14.4. The molecule has 26 heavy (non-hydrogen) atoms. The lowest BCUT2D eigenvalue weighted by atomic mass is 10.1. The van der Waals surface area contributed by atoms with E-state index < -0.39 is 0 Å². The number of hydrogen-bond acceptors (Lipinski definition) is 7. The average molecular weight is 350 g/mol. The summed E-state index contributed by atoms with van der Waals surface area (Å²) in [6.45, 7) is 3.75. The van der Waals surface area contributed by atoms with Gasteiger partial charge in [0.05, 0.1) is 6.20 Å². The Bertz CT molecular complexity index is 1060. The minimum Gasteiger partial charge on any atom is -0.474 e. The zero-order valence-electron chi connectivity index (χ0n) is 14.4. The van der Waals surface area contributed by atoms with E-state index in [4.69, 9.17) is 4.74 Å². The van der Waals surface area contributed by atoms with E-state index in [2.05, 4.69) is 36.1 Å². The van der Waals surface area contributed by atoms with E-state index in [9.17, 15) is 0 Å². The van der Waals surface area contributed by atoms with Crippen LogP contribution in [0.5, 0.6) is 5.88 Å². The SMILES string of the molecule is Cc1cc(N2CCC(Oc3ccn4nccc4n3)CC2)n2ncnc2n1. The fourth-order valence-corrected chi connectivity index (χ4v) is 3.37. The Labute approximate surface area is 149 Å². The molecule has 132 valence electrons. The molecule has 0 amide bonds. The molecule has 0 saturated carbocycles. The summed E-state index contributed by atoms with van der Waals surface area (Å²) >= 11 is 0. The van der Waals surface area contributed by atoms with E-state index in [1.807, 2.05) is 25.3 Å². The molecule has 4 aromatic heterocycles. The van der Waals surface area contributed by atoms with Crippen molar-refractivity contribution in [1.29, 1.82) is 0 Å². The largest absolute Gasteiger partial charge is 0.474 e. The maximum Gasteiger partial charge on any atom is 0.254 e. The van der Waals surface area contributed by atoms with Crippen molar-refractivity contribution in [2.45, 2.75) is 25.9 Å². The van der Waals surface area contributed by atoms with Crippen LogP contribution in [0.25, 0.3) is 11.4 Å². The summed E-state index contributed by atoms with van der Waals surface area (Å²) < 4.78 is 9.61. The normalized spacial score (nSPS) is 15.8. The lowest BCUT2D eigenvalue weighted by molar-refractivity contribution is 0.164. The second kappa shape index (κ2) is 5.94. The maximum absolute atomic E-state index is 6.09. The minimum atomic E-state index is 0.151. The van der Waals surface area contributed by atoms with Crippen LogP contribution in [0.4, 0.5) is 5.82 Å². The molecule has 0 aliphatic carbocycles. The molecule has 1 fully saturated rings. The highest BCUT2D eigenvalue weighted by atomic mass is 16.5. The predicted octanol–water partition coefficient (Wildman–Crippen LogP) is 1.52. The molecular weight excluding hydrogens is 332 g/mol. The molecule has 0 radical (unpaired) electrons. The van der Waals surface area contributed by atoms with Gasteiger partial charge < -0.3 is 9.64 Å². The third-order valence-corrected chi connectivity index (χ3v) is 4.65. The lowest BCUT2D eigenvalue weighted by Gasteiger charge is -2.33. The van der Waals surface area contributed by atoms with E-state index in [1.54, 1.807) is 21.6 Å². The van der Waals surface area contributed by atoms with Crippen LogP contribution in [-0.4, -0.2) is 53.4 Å². The second-order valence-corrected chi connectivity index (χ2v) is 6.43. The zero-order chi connectivity index (χ0) is 17.5. The number of ether oxygens (including phenoxy) is 1. The van der Waals surface area contributed by atoms with E-state index in [-0.39, 0.29) is 6.10 Å². The van der Waals surface area contributed by atoms with Gasteiger partial charge in [-0.1, -0.05) is 0 Å². The van der Waals surface area contributed by atoms with Crippen molar-refractivity contribution < 1.29 is 4.74 Å². The van der Waals surface area contributed by atoms with E-state index in [1.165, 1.54) is 0 Å². The van der Waals surface area contributed by atoms with Crippen molar-refractivity contribution in [1.82, 2.24) is 34.2 Å². The highest BCUT2D eigenvalue weighted by molar-refractivity contribution is 5.47. The van der Waals surface area contributed by atoms with Gasteiger partial charge in [-0.2, -0.15) is 24.7 Å². The Morgan fingerprint density at radius 3 is 2.88 bits per heavy atom. The summed E-state index contributed by atoms with van der Waals surface area (Å²) in [4.78, 5) is 15.4. The molecular formula is C17H18N8O. The summed E-state index contributed by atoms with van der Waals surface area (Å²) in [5, 5.41) is 8.45. The Hall–Kier alpha value is -3.23. The fourth-order valence-electron chi connectivity index (χ4n) is 3.37. The van der Waals surface area contributed by atoms with Crippen LogP contribution in [0.15, 0.2) is 36.9 Å². The standard InChI is InChI=1S/C17H18N8O/c1-12-10-16(25-17(21-12)18-11-20-25)23-7-3-13(4-8-23)26-15-5-9-24-14(22-15)2-6-19-24/h2,5-6,9-11,13H,3-4,7-8H2,1H3. The smallest absolute Gasteiger partial charge is 0.254 e. The molecule has 5 rings (SSSR count). The van der Waals surface area contributed by atoms with Gasteiger partial charge >= 0.3 is 0 Å². The summed E-state index contributed by atoms with van der Waals surface area (Å²) in [5.74, 6) is 2.31. The Kier molecular flexibility index (Phi) is 3.44. The van der Waals surface area contributed by atoms with Crippen LogP contribution in [0.3, 0.4) is 0 Å². The second-order valence-electron chi connectivity index (χ2n) is 6.43. The number of aromatic nitrogens is 7. The van der Waals surface area contributed by atoms with Gasteiger partial charge in [-0.25, -0.2) is 9.50 Å². The molecule has 9 nitrogen and oxygen atoms in total. The van der Waals surface area contributed by atoms with Crippen molar-refractivity contribution in [2.24, 2.45) is 0 Å². The average Bonchev–Trinajstić information content (AvgIpc) is 3.30. The summed E-state index contributed by atoms with van der Waals surface area (Å²) in [5.41, 5.74) is 1.73. The Morgan fingerprint density at radius 1 is 1.12 bits per heavy atom. The van der Waals surface area contributed by atoms with Gasteiger partial charge in [0.2, 0.25) is 5.88 Å². The molecule has 1 aliphatic heterocycles. The first kappa shape index (κ1) is 15.1. The molecule has 0 N–H and O–H groups in total. The van der Waals surface area contributed by atoms with Gasteiger partial charge in [0.1, 0.15) is 18.2 Å². The monoisotopic (exact) mass is 350 g/mol. The number of rotatable bonds is 3. The van der Waals surface area contributed by atoms with Crippen LogP contribution in [0.2, 0.25) is 0 Å². The van der Waals surface area contributed by atoms with Crippen molar-refractivity contribution in [3.8, 4) is 5.88 Å². The van der Waals surface area contributed by atoms with Gasteiger partial charge in [0.15, 0.2) is 5.65 Å². The van der Waals surface area contributed by atoms with Crippen LogP contribution < -0.4 is 9.64 Å². The first-order valence-electron chi connectivity index (χ1n) is 8.66. The van der Waals surface area contributed by atoms with Gasteiger partial charge in [-0.15, -0.1) is 0 Å². The molecule has 0 aromatic carbocycles. The highest BCUT2D eigenvalue weighted by Gasteiger charge is 2.23. The van der Waals surface area contributed by atoms with Crippen molar-refractivity contribution in [2.75, 3.05) is 18.0 Å². The van der Waals surface area contributed by atoms with Gasteiger partial charge in [-0.3, -0.25) is 0 Å². The number of nitrogens with zero attached hydrogens (tertiary/aromatic N) is 8. The molecule has 5 heterocycles. The van der Waals surface area contributed by atoms with E-state index in [0.717, 1.165) is 43.1 Å². The molecule has 0 bridgehead atoms. The summed E-state index contributed by atoms with van der Waals surface area (Å²) in [6, 6.07) is 5.78. The highest BCUT2D eigenvalue weighted by Crippen LogP contribution is 2.23. The van der Waals surface area contributed by atoms with Crippen LogP contribution in [0, 0.1) is 6.92 Å². The molecule has 4 aromatic rings. The molecule has 1 aliphatic rings. The topological polar surface area (TPSA) is 85.7 Å². The number of hydrogen-bond donors (Lipinski definition) is 0. The first-order valence-corrected chi connectivity index (χ1v) is 8.66. The minimum absolute atomic E-state index is 0.151. The van der Waals surface area contributed by atoms with Crippen molar-refractivity contribution in [3.05, 3.63) is 42.6 Å². The maximum atomic E-state index is 6.09. The fraction of sp³-hybridized carbons (Fsp3) is 0.353. The van der Waals surface area contributed by atoms with Crippen LogP contribution in [0.1, 0.15) is 18.5 Å². The van der Waals surface area contributed by atoms with Crippen LogP contribution in [-0.2, 0) is 0 Å².